The molecule has 0 saturated heterocycles. The number of rotatable bonds is 2. The van der Waals surface area contributed by atoms with Gasteiger partial charge in [0, 0.05) is 18.0 Å². The van der Waals surface area contributed by atoms with Gasteiger partial charge in [0.15, 0.2) is 5.11 Å². The van der Waals surface area contributed by atoms with Crippen molar-refractivity contribution in [2.24, 2.45) is 7.05 Å². The number of hydrogen-bond donors (Lipinski definition) is 5. The maximum atomic E-state index is 13.0. The third-order valence-electron chi connectivity index (χ3n) is 4.74. The maximum absolute atomic E-state index is 13.0. The molecule has 1 atom stereocenters. The highest BCUT2D eigenvalue weighted by molar-refractivity contribution is 7.80. The molecule has 7 nitrogen and oxygen atoms in total. The molecule has 2 aromatic carbocycles. The summed E-state index contributed by atoms with van der Waals surface area (Å²) in [5.41, 5.74) is 7.13. The van der Waals surface area contributed by atoms with Crippen LogP contribution in [-0.4, -0.2) is 19.9 Å². The van der Waals surface area contributed by atoms with Crippen LogP contribution in [0.1, 0.15) is 17.2 Å². The van der Waals surface area contributed by atoms with Crippen LogP contribution in [0.5, 0.6) is 11.5 Å². The molecule has 0 radical (unpaired) electrons. The van der Waals surface area contributed by atoms with Crippen LogP contribution in [-0.2, 0) is 7.05 Å². The van der Waals surface area contributed by atoms with Crippen LogP contribution in [0.25, 0.3) is 16.6 Å². The number of fused-ring (bicyclic) bond motifs is 1. The van der Waals surface area contributed by atoms with Gasteiger partial charge in [0.25, 0.3) is 5.56 Å². The third kappa shape index (κ3) is 2.98. The fraction of sp³-hybridized carbons (Fsp3) is 0.100. The monoisotopic (exact) mass is 394 g/mol. The molecule has 1 aliphatic rings. The van der Waals surface area contributed by atoms with E-state index in [1.54, 1.807) is 61.7 Å². The minimum absolute atomic E-state index is 0.0980. The van der Waals surface area contributed by atoms with Crippen molar-refractivity contribution in [2.45, 2.75) is 6.04 Å². The number of nitrogens with one attached hydrogen (secondary N) is 3. The van der Waals surface area contributed by atoms with Crippen molar-refractivity contribution in [3.05, 3.63) is 76.1 Å². The Morgan fingerprint density at radius 3 is 2.57 bits per heavy atom. The van der Waals surface area contributed by atoms with Crippen molar-refractivity contribution in [3.63, 3.8) is 0 Å². The lowest BCUT2D eigenvalue weighted by Gasteiger charge is -2.16. The topological polar surface area (TPSA) is 98.6 Å². The van der Waals surface area contributed by atoms with Gasteiger partial charge in [-0.15, -0.1) is 0 Å². The number of hydrogen-bond acceptors (Lipinski definition) is 5. The molecule has 0 fully saturated rings. The fourth-order valence-corrected chi connectivity index (χ4v) is 3.50. The molecule has 4 rings (SSSR count). The van der Waals surface area contributed by atoms with Gasteiger partial charge in [-0.1, -0.05) is 30.3 Å². The molecule has 8 heteroatoms. The molecule has 1 aliphatic heterocycles. The minimum Gasteiger partial charge on any atom is -0.508 e. The Morgan fingerprint density at radius 1 is 1.07 bits per heavy atom. The average molecular weight is 394 g/mol. The van der Waals surface area contributed by atoms with Crippen molar-refractivity contribution in [3.8, 4) is 11.5 Å². The Morgan fingerprint density at radius 2 is 1.79 bits per heavy atom. The maximum Gasteiger partial charge on any atom is 0.263 e. The summed E-state index contributed by atoms with van der Waals surface area (Å²) in [7, 11) is 1.65. The molecule has 0 saturated carbocycles. The first-order valence-corrected chi connectivity index (χ1v) is 9.01. The number of aromatic nitrogens is 1. The quantitative estimate of drug-likeness (QED) is 0.424. The van der Waals surface area contributed by atoms with Gasteiger partial charge in [-0.3, -0.25) is 10.2 Å². The van der Waals surface area contributed by atoms with Crippen LogP contribution >= 0.6 is 12.2 Å². The van der Waals surface area contributed by atoms with E-state index in [0.717, 1.165) is 0 Å². The van der Waals surface area contributed by atoms with Crippen molar-refractivity contribution >= 4 is 33.9 Å². The van der Waals surface area contributed by atoms with Crippen molar-refractivity contribution in [1.82, 2.24) is 20.7 Å². The van der Waals surface area contributed by atoms with E-state index in [2.05, 4.69) is 16.2 Å². The summed E-state index contributed by atoms with van der Waals surface area (Å²) in [6, 6.07) is 13.5. The molecule has 0 amide bonds. The molecule has 0 aliphatic carbocycles. The van der Waals surface area contributed by atoms with Gasteiger partial charge in [0.05, 0.1) is 17.3 Å². The Kier molecular flexibility index (Phi) is 4.50. The first kappa shape index (κ1) is 18.0. The van der Waals surface area contributed by atoms with Gasteiger partial charge in [0.2, 0.25) is 0 Å². The summed E-state index contributed by atoms with van der Waals surface area (Å²) in [6.45, 7) is 0. The first-order chi connectivity index (χ1) is 13.5. The van der Waals surface area contributed by atoms with Gasteiger partial charge in [-0.25, -0.2) is 5.43 Å². The molecule has 0 bridgehead atoms. The lowest BCUT2D eigenvalue weighted by atomic mass is 10.0. The molecule has 142 valence electrons. The SMILES string of the molecule is Cn1c(=O)c(C2=CC(c3ccccc3O)NNC(=S)N2)c(O)c2ccccc21. The van der Waals surface area contributed by atoms with Gasteiger partial charge >= 0.3 is 0 Å². The van der Waals surface area contributed by atoms with Gasteiger partial charge in [-0.05, 0) is 36.5 Å². The number of para-hydroxylation sites is 2. The summed E-state index contributed by atoms with van der Waals surface area (Å²) in [4.78, 5) is 13.0. The van der Waals surface area contributed by atoms with Crippen LogP contribution in [0, 0.1) is 0 Å². The minimum atomic E-state index is -0.500. The molecule has 28 heavy (non-hydrogen) atoms. The van der Waals surface area contributed by atoms with E-state index in [4.69, 9.17) is 12.2 Å². The van der Waals surface area contributed by atoms with Crippen molar-refractivity contribution in [2.75, 3.05) is 0 Å². The number of thiocarbonyl (C=S) groups is 1. The van der Waals surface area contributed by atoms with Crippen LogP contribution < -0.4 is 21.7 Å². The summed E-state index contributed by atoms with van der Waals surface area (Å²) in [5, 5.41) is 24.8. The van der Waals surface area contributed by atoms with E-state index >= 15 is 0 Å². The lowest BCUT2D eigenvalue weighted by molar-refractivity contribution is 0.456. The Labute approximate surface area is 165 Å². The zero-order chi connectivity index (χ0) is 19.8. The fourth-order valence-electron chi connectivity index (χ4n) is 3.33. The van der Waals surface area contributed by atoms with Gasteiger partial charge in [-0.2, -0.15) is 0 Å². The largest absolute Gasteiger partial charge is 0.508 e. The Balaban J connectivity index is 1.95. The predicted molar refractivity (Wildman–Crippen MR) is 112 cm³/mol. The van der Waals surface area contributed by atoms with Crippen molar-refractivity contribution in [1.29, 1.82) is 0 Å². The number of aromatic hydroxyl groups is 2. The predicted octanol–water partition coefficient (Wildman–Crippen LogP) is 2.01. The van der Waals surface area contributed by atoms with E-state index in [-0.39, 0.29) is 27.7 Å². The molecule has 0 spiro atoms. The van der Waals surface area contributed by atoms with Crippen LogP contribution in [0.2, 0.25) is 0 Å². The smallest absolute Gasteiger partial charge is 0.263 e. The number of pyridine rings is 1. The normalized spacial score (nSPS) is 16.8. The molecule has 1 aromatic heterocycles. The van der Waals surface area contributed by atoms with Crippen LogP contribution in [0.3, 0.4) is 0 Å². The highest BCUT2D eigenvalue weighted by Gasteiger charge is 2.24. The first-order valence-electron chi connectivity index (χ1n) is 8.60. The zero-order valence-electron chi connectivity index (χ0n) is 14.9. The highest BCUT2D eigenvalue weighted by Crippen LogP contribution is 2.32. The molecule has 3 aromatic rings. The van der Waals surface area contributed by atoms with E-state index in [0.29, 0.717) is 22.2 Å². The summed E-state index contributed by atoms with van der Waals surface area (Å²) < 4.78 is 1.48. The van der Waals surface area contributed by atoms with Gasteiger partial charge in [0.1, 0.15) is 17.1 Å². The number of hydrazine groups is 1. The molecule has 2 heterocycles. The van der Waals surface area contributed by atoms with E-state index in [1.807, 2.05) is 0 Å². The summed E-state index contributed by atoms with van der Waals surface area (Å²) in [5.74, 6) is -0.0287. The van der Waals surface area contributed by atoms with E-state index in [1.165, 1.54) is 4.57 Å². The highest BCUT2D eigenvalue weighted by atomic mass is 32.1. The Bertz CT molecular complexity index is 1190. The van der Waals surface area contributed by atoms with E-state index < -0.39 is 6.04 Å². The average Bonchev–Trinajstić information content (AvgIpc) is 2.88. The Hall–Kier alpha value is -3.36. The number of aryl methyl sites for hydroxylation is 1. The second-order valence-corrected chi connectivity index (χ2v) is 6.85. The summed E-state index contributed by atoms with van der Waals surface area (Å²) in [6.07, 6.45) is 1.70. The number of nitrogens with zero attached hydrogens (tertiary/aromatic N) is 1. The van der Waals surface area contributed by atoms with Gasteiger partial charge < -0.3 is 20.1 Å². The number of phenolic OH excluding ortho intramolecular Hbond substituents is 1. The second-order valence-electron chi connectivity index (χ2n) is 6.45. The number of phenols is 1. The van der Waals surface area contributed by atoms with Crippen LogP contribution in [0.15, 0.2) is 59.4 Å². The molecule has 5 N–H and O–H groups in total. The lowest BCUT2D eigenvalue weighted by Crippen LogP contribution is -2.42. The summed E-state index contributed by atoms with van der Waals surface area (Å²) >= 11 is 5.24. The molecular weight excluding hydrogens is 376 g/mol. The molecule has 1 unspecified atom stereocenters. The number of benzene rings is 2. The second kappa shape index (κ2) is 6.99. The zero-order valence-corrected chi connectivity index (χ0v) is 15.7. The standard InChI is InChI=1S/C20H18N4O3S/c1-24-15-8-4-2-7-12(15)18(26)17(19(24)27)14-10-13(22-23-20(28)21-14)11-6-3-5-9-16(11)25/h2-10,13,22,25-26H,1H3,(H2,21,23,28). The van der Waals surface area contributed by atoms with E-state index in [9.17, 15) is 15.0 Å². The third-order valence-corrected chi connectivity index (χ3v) is 4.94. The van der Waals surface area contributed by atoms with Crippen molar-refractivity contribution < 1.29 is 10.2 Å². The molecular formula is C20H18N4O3S. The van der Waals surface area contributed by atoms with Crippen LogP contribution in [0.4, 0.5) is 0 Å².